The van der Waals surface area contributed by atoms with Gasteiger partial charge in [0.25, 0.3) is 0 Å². The number of halogens is 2. The van der Waals surface area contributed by atoms with E-state index in [0.29, 0.717) is 0 Å². The molecule has 0 spiro atoms. The Bertz CT molecular complexity index is 580. The third-order valence-electron chi connectivity index (χ3n) is 2.85. The zero-order valence-corrected chi connectivity index (χ0v) is 11.0. The molecule has 5 heteroatoms. The standard InChI is InChI=1S/C13H10ClFN2S/c14-11-8-9(3-4-12(11)15)10-2-1-5-17-6-7-18-16-13(10)17/h1-5,8H,6-7H2. The SMILES string of the molecule is Fc1ccc(C2=CC=CN3CCSN=C23)cc1Cl. The van der Waals surface area contributed by atoms with E-state index in [9.17, 15) is 4.39 Å². The lowest BCUT2D eigenvalue weighted by atomic mass is 10.0. The summed E-state index contributed by atoms with van der Waals surface area (Å²) in [6.45, 7) is 0.937. The quantitative estimate of drug-likeness (QED) is 0.728. The van der Waals surface area contributed by atoms with Crippen molar-refractivity contribution in [3.63, 3.8) is 0 Å². The zero-order valence-electron chi connectivity index (χ0n) is 9.44. The summed E-state index contributed by atoms with van der Waals surface area (Å²) in [5.74, 6) is 1.49. The van der Waals surface area contributed by atoms with Crippen molar-refractivity contribution in [2.45, 2.75) is 0 Å². The Kier molecular flexibility index (Phi) is 3.14. The molecule has 0 saturated heterocycles. The van der Waals surface area contributed by atoms with Crippen LogP contribution in [-0.4, -0.2) is 23.0 Å². The van der Waals surface area contributed by atoms with E-state index in [1.807, 2.05) is 18.4 Å². The molecule has 2 heterocycles. The fourth-order valence-corrected chi connectivity index (χ4v) is 2.84. The minimum absolute atomic E-state index is 0.138. The number of hydrogen-bond acceptors (Lipinski definition) is 3. The van der Waals surface area contributed by atoms with Crippen LogP contribution in [0.3, 0.4) is 0 Å². The van der Waals surface area contributed by atoms with E-state index >= 15 is 0 Å². The second-order valence-corrected chi connectivity index (χ2v) is 5.25. The summed E-state index contributed by atoms with van der Waals surface area (Å²) in [6.07, 6.45) is 5.96. The van der Waals surface area contributed by atoms with Gasteiger partial charge in [-0.2, -0.15) is 4.40 Å². The van der Waals surface area contributed by atoms with Gasteiger partial charge in [-0.1, -0.05) is 17.7 Å². The molecule has 0 unspecified atom stereocenters. The highest BCUT2D eigenvalue weighted by molar-refractivity contribution is 7.98. The van der Waals surface area contributed by atoms with Gasteiger partial charge in [-0.15, -0.1) is 0 Å². The Hall–Kier alpha value is -1.26. The molecule has 0 atom stereocenters. The van der Waals surface area contributed by atoms with Gasteiger partial charge in [0.2, 0.25) is 0 Å². The first-order valence-electron chi connectivity index (χ1n) is 5.56. The Morgan fingerprint density at radius 2 is 2.28 bits per heavy atom. The van der Waals surface area contributed by atoms with E-state index in [4.69, 9.17) is 11.6 Å². The summed E-state index contributed by atoms with van der Waals surface area (Å²) < 4.78 is 17.7. The molecular formula is C13H10ClFN2S. The third-order valence-corrected chi connectivity index (χ3v) is 3.80. The second kappa shape index (κ2) is 4.78. The molecule has 1 aromatic rings. The van der Waals surface area contributed by atoms with E-state index in [1.54, 1.807) is 24.1 Å². The minimum Gasteiger partial charge on any atom is -0.331 e. The summed E-state index contributed by atoms with van der Waals surface area (Å²) in [5, 5.41) is 0.138. The van der Waals surface area contributed by atoms with E-state index in [-0.39, 0.29) is 5.02 Å². The Labute approximate surface area is 114 Å². The van der Waals surface area contributed by atoms with Crippen LogP contribution in [0.4, 0.5) is 4.39 Å². The Balaban J connectivity index is 2.04. The minimum atomic E-state index is -0.399. The molecule has 18 heavy (non-hydrogen) atoms. The third kappa shape index (κ3) is 2.06. The normalized spacial score (nSPS) is 18.2. The van der Waals surface area contributed by atoms with Crippen LogP contribution in [0.5, 0.6) is 0 Å². The summed E-state index contributed by atoms with van der Waals surface area (Å²) in [5.41, 5.74) is 1.86. The lowest BCUT2D eigenvalue weighted by molar-refractivity contribution is 0.594. The van der Waals surface area contributed by atoms with Crippen molar-refractivity contribution in [3.8, 4) is 0 Å². The van der Waals surface area contributed by atoms with Crippen LogP contribution in [-0.2, 0) is 0 Å². The highest BCUT2D eigenvalue weighted by atomic mass is 35.5. The fourth-order valence-electron chi connectivity index (χ4n) is 1.96. The largest absolute Gasteiger partial charge is 0.331 e. The van der Waals surface area contributed by atoms with Gasteiger partial charge in [0.1, 0.15) is 11.7 Å². The molecule has 2 aliphatic heterocycles. The average Bonchev–Trinajstić information content (AvgIpc) is 2.41. The molecular weight excluding hydrogens is 271 g/mol. The van der Waals surface area contributed by atoms with Crippen LogP contribution in [0.1, 0.15) is 5.56 Å². The highest BCUT2D eigenvalue weighted by Crippen LogP contribution is 2.29. The van der Waals surface area contributed by atoms with Crippen molar-refractivity contribution in [1.82, 2.24) is 4.90 Å². The molecule has 0 bridgehead atoms. The summed E-state index contributed by atoms with van der Waals surface area (Å²) in [6, 6.07) is 4.76. The zero-order chi connectivity index (χ0) is 12.5. The number of hydrogen-bond donors (Lipinski definition) is 0. The van der Waals surface area contributed by atoms with Gasteiger partial charge in [0.15, 0.2) is 0 Å². The summed E-state index contributed by atoms with van der Waals surface area (Å²) in [7, 11) is 0. The molecule has 0 radical (unpaired) electrons. The van der Waals surface area contributed by atoms with E-state index in [0.717, 1.165) is 29.3 Å². The molecule has 92 valence electrons. The number of fused-ring (bicyclic) bond motifs is 1. The first-order chi connectivity index (χ1) is 8.75. The van der Waals surface area contributed by atoms with Crippen molar-refractivity contribution in [2.75, 3.05) is 12.3 Å². The molecule has 0 N–H and O–H groups in total. The van der Waals surface area contributed by atoms with Crippen LogP contribution in [0, 0.1) is 5.82 Å². The number of benzene rings is 1. The topological polar surface area (TPSA) is 15.6 Å². The predicted molar refractivity (Wildman–Crippen MR) is 75.1 cm³/mol. The lowest BCUT2D eigenvalue weighted by Crippen LogP contribution is -2.32. The van der Waals surface area contributed by atoms with Crippen molar-refractivity contribution in [1.29, 1.82) is 0 Å². The molecule has 2 nitrogen and oxygen atoms in total. The summed E-state index contributed by atoms with van der Waals surface area (Å²) in [4.78, 5) is 2.10. The van der Waals surface area contributed by atoms with Crippen molar-refractivity contribution < 1.29 is 4.39 Å². The van der Waals surface area contributed by atoms with Gasteiger partial charge in [-0.3, -0.25) is 0 Å². The van der Waals surface area contributed by atoms with Crippen molar-refractivity contribution in [3.05, 3.63) is 53.0 Å². The molecule has 0 saturated carbocycles. The molecule has 0 aromatic heterocycles. The average molecular weight is 281 g/mol. The lowest BCUT2D eigenvalue weighted by Gasteiger charge is -2.29. The molecule has 2 aliphatic rings. The smallest absolute Gasteiger partial charge is 0.148 e. The van der Waals surface area contributed by atoms with E-state index in [2.05, 4.69) is 9.30 Å². The van der Waals surface area contributed by atoms with Crippen molar-refractivity contribution >= 4 is 35.0 Å². The van der Waals surface area contributed by atoms with Crippen LogP contribution in [0.2, 0.25) is 5.02 Å². The maximum atomic E-state index is 13.2. The monoisotopic (exact) mass is 280 g/mol. The van der Waals surface area contributed by atoms with Crippen molar-refractivity contribution in [2.24, 2.45) is 4.40 Å². The summed E-state index contributed by atoms with van der Waals surface area (Å²) >= 11 is 7.38. The first kappa shape index (κ1) is 11.8. The molecule has 0 amide bonds. The number of allylic oxidation sites excluding steroid dienone is 2. The number of amidine groups is 1. The van der Waals surface area contributed by atoms with Crippen LogP contribution < -0.4 is 0 Å². The van der Waals surface area contributed by atoms with Gasteiger partial charge in [0, 0.05) is 24.1 Å². The molecule has 1 aromatic carbocycles. The van der Waals surface area contributed by atoms with Gasteiger partial charge < -0.3 is 4.90 Å². The first-order valence-corrected chi connectivity index (χ1v) is 6.88. The maximum Gasteiger partial charge on any atom is 0.148 e. The fraction of sp³-hybridized carbons (Fsp3) is 0.154. The van der Waals surface area contributed by atoms with Crippen LogP contribution in [0.25, 0.3) is 5.57 Å². The van der Waals surface area contributed by atoms with Gasteiger partial charge >= 0.3 is 0 Å². The molecule has 0 aliphatic carbocycles. The second-order valence-electron chi connectivity index (χ2n) is 3.99. The van der Waals surface area contributed by atoms with Crippen LogP contribution >= 0.6 is 23.5 Å². The van der Waals surface area contributed by atoms with Gasteiger partial charge in [-0.25, -0.2) is 4.39 Å². The van der Waals surface area contributed by atoms with Gasteiger partial charge in [0.05, 0.1) is 5.02 Å². The predicted octanol–water partition coefficient (Wildman–Crippen LogP) is 3.75. The van der Waals surface area contributed by atoms with Gasteiger partial charge in [-0.05, 0) is 41.8 Å². The Morgan fingerprint density at radius 3 is 3.11 bits per heavy atom. The van der Waals surface area contributed by atoms with E-state index < -0.39 is 5.82 Å². The Morgan fingerprint density at radius 1 is 1.39 bits per heavy atom. The number of nitrogens with zero attached hydrogens (tertiary/aromatic N) is 2. The highest BCUT2D eigenvalue weighted by Gasteiger charge is 2.21. The van der Waals surface area contributed by atoms with Crippen LogP contribution in [0.15, 0.2) is 40.9 Å². The molecule has 3 rings (SSSR count). The van der Waals surface area contributed by atoms with E-state index in [1.165, 1.54) is 6.07 Å². The number of rotatable bonds is 1. The maximum absolute atomic E-state index is 13.2. The molecule has 0 fully saturated rings.